The summed E-state index contributed by atoms with van der Waals surface area (Å²) in [6.07, 6.45) is 12.6. The van der Waals surface area contributed by atoms with Crippen molar-refractivity contribution in [1.29, 1.82) is 0 Å². The monoisotopic (exact) mass is 427 g/mol. The van der Waals surface area contributed by atoms with E-state index in [0.717, 1.165) is 49.7 Å². The first kappa shape index (κ1) is 21.2. The Balaban J connectivity index is 1.19. The molecule has 0 bridgehead atoms. The van der Waals surface area contributed by atoms with Crippen molar-refractivity contribution in [3.63, 3.8) is 0 Å². The van der Waals surface area contributed by atoms with E-state index in [-0.39, 0.29) is 5.41 Å². The van der Waals surface area contributed by atoms with E-state index < -0.39 is 0 Å². The number of nitrogens with two attached hydrogens (primary N) is 1. The third-order valence-electron chi connectivity index (χ3n) is 9.62. The largest absolute Gasteiger partial charge is 0.444 e. The van der Waals surface area contributed by atoms with Crippen molar-refractivity contribution >= 4 is 11.5 Å². The number of Topliss-reactive ketones (excluding diaryl/α,β-unsaturated/α-hetero) is 1. The third-order valence-corrected chi connectivity index (χ3v) is 9.62. The lowest BCUT2D eigenvalue weighted by atomic mass is 9.45. The molecule has 1 heterocycles. The number of fused-ring (bicyclic) bond motifs is 5. The maximum Gasteiger partial charge on any atom is 0.208 e. The maximum atomic E-state index is 12.6. The lowest BCUT2D eigenvalue weighted by Crippen LogP contribution is -2.53. The fraction of sp³-hybridized carbons (Fsp3) is 0.800. The Morgan fingerprint density at radius 3 is 2.87 bits per heavy atom. The highest BCUT2D eigenvalue weighted by Gasteiger charge is 2.60. The first-order valence-corrected chi connectivity index (χ1v) is 12.3. The zero-order valence-corrected chi connectivity index (χ0v) is 19.1. The third kappa shape index (κ3) is 3.55. The molecule has 2 N–H and O–H groups in total. The smallest absolute Gasteiger partial charge is 0.208 e. The van der Waals surface area contributed by atoms with E-state index in [1.165, 1.54) is 31.4 Å². The Hall–Kier alpha value is -1.69. The van der Waals surface area contributed by atoms with Crippen LogP contribution in [0.15, 0.2) is 15.8 Å². The first-order chi connectivity index (χ1) is 14.9. The van der Waals surface area contributed by atoms with Gasteiger partial charge in [0.1, 0.15) is 18.2 Å². The summed E-state index contributed by atoms with van der Waals surface area (Å²) in [5.74, 6) is 4.77. The molecule has 5 rings (SSSR count). The van der Waals surface area contributed by atoms with Crippen LogP contribution in [-0.4, -0.2) is 23.1 Å². The van der Waals surface area contributed by atoms with Crippen LogP contribution in [0.5, 0.6) is 0 Å². The molecular weight excluding hydrogens is 390 g/mol. The molecule has 0 aromatic carbocycles. The molecule has 6 nitrogen and oxygen atoms in total. The van der Waals surface area contributed by atoms with Crippen molar-refractivity contribution in [1.82, 2.24) is 4.98 Å². The van der Waals surface area contributed by atoms with Gasteiger partial charge in [-0.1, -0.05) is 19.0 Å². The number of carbonyl (C=O) groups is 1. The average Bonchev–Trinajstić information content (AvgIpc) is 3.35. The molecule has 0 amide bonds. The van der Waals surface area contributed by atoms with Crippen molar-refractivity contribution in [2.24, 2.45) is 45.4 Å². The van der Waals surface area contributed by atoms with E-state index in [0.29, 0.717) is 48.5 Å². The second-order valence-electron chi connectivity index (χ2n) is 10.9. The minimum atomic E-state index is -0.0199. The van der Waals surface area contributed by atoms with Crippen molar-refractivity contribution in [2.75, 3.05) is 6.61 Å². The molecular formula is C25H37N3O3. The van der Waals surface area contributed by atoms with Gasteiger partial charge < -0.3 is 15.0 Å². The summed E-state index contributed by atoms with van der Waals surface area (Å²) in [5.41, 5.74) is 7.13. The summed E-state index contributed by atoms with van der Waals surface area (Å²) in [4.78, 5) is 22.4. The molecule has 4 fully saturated rings. The first-order valence-electron chi connectivity index (χ1n) is 12.3. The minimum Gasteiger partial charge on any atom is -0.444 e. The summed E-state index contributed by atoms with van der Waals surface area (Å²) >= 11 is 0. The molecule has 6 unspecified atom stereocenters. The molecule has 0 radical (unpaired) electrons. The molecule has 31 heavy (non-hydrogen) atoms. The summed E-state index contributed by atoms with van der Waals surface area (Å²) in [5, 5.41) is 4.51. The second-order valence-corrected chi connectivity index (χ2v) is 10.9. The number of ketones is 1. The van der Waals surface area contributed by atoms with Gasteiger partial charge in [0.15, 0.2) is 0 Å². The van der Waals surface area contributed by atoms with E-state index in [4.69, 9.17) is 15.0 Å². The van der Waals surface area contributed by atoms with Gasteiger partial charge in [-0.25, -0.2) is 4.98 Å². The van der Waals surface area contributed by atoms with Crippen LogP contribution in [0.25, 0.3) is 0 Å². The average molecular weight is 428 g/mol. The second kappa shape index (κ2) is 8.02. The highest BCUT2D eigenvalue weighted by molar-refractivity contribution is 5.87. The SMILES string of the molecule is CC12CCC3C(CCC4CC(=NOCCc5cnc(CN)o5)CCC43C)C1CCC2=O. The minimum absolute atomic E-state index is 0.0199. The van der Waals surface area contributed by atoms with Crippen molar-refractivity contribution in [2.45, 2.75) is 84.6 Å². The van der Waals surface area contributed by atoms with Crippen molar-refractivity contribution in [3.05, 3.63) is 17.8 Å². The number of hydrogen-bond acceptors (Lipinski definition) is 6. The Bertz CT molecular complexity index is 864. The summed E-state index contributed by atoms with van der Waals surface area (Å²) < 4.78 is 5.52. The molecule has 0 aliphatic heterocycles. The van der Waals surface area contributed by atoms with Crippen LogP contribution in [0.2, 0.25) is 0 Å². The zero-order valence-electron chi connectivity index (χ0n) is 19.1. The van der Waals surface area contributed by atoms with E-state index in [9.17, 15) is 4.79 Å². The fourth-order valence-electron chi connectivity index (χ4n) is 7.75. The van der Waals surface area contributed by atoms with Crippen LogP contribution in [0.1, 0.15) is 83.3 Å². The number of oxime groups is 1. The molecule has 4 aliphatic carbocycles. The summed E-state index contributed by atoms with van der Waals surface area (Å²) in [6, 6.07) is 0. The molecule has 6 atom stereocenters. The topological polar surface area (TPSA) is 90.7 Å². The van der Waals surface area contributed by atoms with Gasteiger partial charge in [-0.15, -0.1) is 0 Å². The standard InChI is InChI=1S/C25H37N3O3/c1-24-10-7-17(28-30-12-9-18-15-27-23(14-26)31-18)13-16(24)3-4-19-20-5-6-22(29)25(20,2)11-8-21(19)24/h15-16,19-21H,3-14,26H2,1-2H3. The number of hydrogen-bond donors (Lipinski definition) is 1. The highest BCUT2D eigenvalue weighted by atomic mass is 16.6. The van der Waals surface area contributed by atoms with Gasteiger partial charge in [-0.3, -0.25) is 4.79 Å². The Kier molecular flexibility index (Phi) is 5.48. The molecule has 4 aliphatic rings. The molecule has 4 saturated carbocycles. The molecule has 1 aromatic heterocycles. The van der Waals surface area contributed by atoms with E-state index in [2.05, 4.69) is 24.0 Å². The lowest BCUT2D eigenvalue weighted by Gasteiger charge is -2.59. The van der Waals surface area contributed by atoms with Crippen LogP contribution in [0.3, 0.4) is 0 Å². The van der Waals surface area contributed by atoms with Crippen LogP contribution in [-0.2, 0) is 22.6 Å². The molecule has 0 spiro atoms. The summed E-state index contributed by atoms with van der Waals surface area (Å²) in [6.45, 7) is 5.64. The molecule has 1 aromatic rings. The molecule has 0 saturated heterocycles. The van der Waals surface area contributed by atoms with Gasteiger partial charge in [0.25, 0.3) is 0 Å². The van der Waals surface area contributed by atoms with Crippen LogP contribution in [0, 0.1) is 34.5 Å². The van der Waals surface area contributed by atoms with Crippen LogP contribution >= 0.6 is 0 Å². The number of carbonyl (C=O) groups excluding carboxylic acids is 1. The quantitative estimate of drug-likeness (QED) is 0.545. The fourth-order valence-corrected chi connectivity index (χ4v) is 7.75. The van der Waals surface area contributed by atoms with Gasteiger partial charge in [0.2, 0.25) is 5.89 Å². The number of aromatic nitrogens is 1. The predicted octanol–water partition coefficient (Wildman–Crippen LogP) is 4.66. The van der Waals surface area contributed by atoms with Gasteiger partial charge in [-0.05, 0) is 80.5 Å². The van der Waals surface area contributed by atoms with E-state index in [1.54, 1.807) is 6.20 Å². The van der Waals surface area contributed by atoms with E-state index >= 15 is 0 Å². The van der Waals surface area contributed by atoms with Crippen molar-refractivity contribution in [3.8, 4) is 0 Å². The number of oxazole rings is 1. The van der Waals surface area contributed by atoms with Crippen molar-refractivity contribution < 1.29 is 14.0 Å². The molecule has 6 heteroatoms. The lowest BCUT2D eigenvalue weighted by molar-refractivity contribution is -0.137. The summed E-state index contributed by atoms with van der Waals surface area (Å²) in [7, 11) is 0. The van der Waals surface area contributed by atoms with Crippen LogP contribution < -0.4 is 5.73 Å². The number of nitrogens with zero attached hydrogens (tertiary/aromatic N) is 2. The molecule has 170 valence electrons. The highest BCUT2D eigenvalue weighted by Crippen LogP contribution is 2.65. The van der Waals surface area contributed by atoms with Gasteiger partial charge >= 0.3 is 0 Å². The Morgan fingerprint density at radius 2 is 2.06 bits per heavy atom. The van der Waals surface area contributed by atoms with Crippen LogP contribution in [0.4, 0.5) is 0 Å². The Labute approximate surface area is 185 Å². The van der Waals surface area contributed by atoms with E-state index in [1.807, 2.05) is 0 Å². The zero-order chi connectivity index (χ0) is 21.6. The van der Waals surface area contributed by atoms with Gasteiger partial charge in [0.05, 0.1) is 18.5 Å². The predicted molar refractivity (Wildman–Crippen MR) is 118 cm³/mol. The number of rotatable bonds is 5. The maximum absolute atomic E-state index is 12.6. The van der Waals surface area contributed by atoms with Gasteiger partial charge in [-0.2, -0.15) is 0 Å². The Morgan fingerprint density at radius 1 is 1.19 bits per heavy atom. The normalized spacial score (nSPS) is 41.0. The van der Waals surface area contributed by atoms with Gasteiger partial charge in [0, 0.05) is 18.3 Å².